The van der Waals surface area contributed by atoms with Crippen molar-refractivity contribution in [2.75, 3.05) is 18.4 Å². The van der Waals surface area contributed by atoms with Gasteiger partial charge in [0, 0.05) is 12.6 Å². The number of hydrogen-bond donors (Lipinski definition) is 2. The smallest absolute Gasteiger partial charge is 0.291 e. The Balaban J connectivity index is 1.79. The lowest BCUT2D eigenvalue weighted by molar-refractivity contribution is 0.476. The van der Waals surface area contributed by atoms with Gasteiger partial charge in [0.15, 0.2) is 0 Å². The molecule has 2 heterocycles. The lowest BCUT2D eigenvalue weighted by Gasteiger charge is -2.24. The molecule has 0 unspecified atom stereocenters. The van der Waals surface area contributed by atoms with E-state index in [1.54, 1.807) is 10.9 Å². The van der Waals surface area contributed by atoms with Gasteiger partial charge in [-0.2, -0.15) is 5.10 Å². The standard InChI is InChI=1S/C13H19ClN4O/c14-11-7-16-18(8-9-1-2-9)13(19)12(11)17-10-3-5-15-6-4-10/h7,9-10,15,17H,1-6,8H2. The van der Waals surface area contributed by atoms with Crippen LogP contribution < -0.4 is 16.2 Å². The second-order valence-corrected chi connectivity index (χ2v) is 5.87. The van der Waals surface area contributed by atoms with Gasteiger partial charge in [0.2, 0.25) is 0 Å². The fraction of sp³-hybridized carbons (Fsp3) is 0.692. The van der Waals surface area contributed by atoms with Crippen LogP contribution in [0.5, 0.6) is 0 Å². The van der Waals surface area contributed by atoms with Gasteiger partial charge >= 0.3 is 0 Å². The summed E-state index contributed by atoms with van der Waals surface area (Å²) in [5, 5.41) is 11.2. The Kier molecular flexibility index (Phi) is 3.75. The predicted octanol–water partition coefficient (Wildman–Crippen LogP) is 1.47. The number of piperidine rings is 1. The zero-order chi connectivity index (χ0) is 13.2. The molecule has 0 spiro atoms. The molecule has 19 heavy (non-hydrogen) atoms. The van der Waals surface area contributed by atoms with Crippen molar-refractivity contribution in [2.45, 2.75) is 38.3 Å². The third kappa shape index (κ3) is 3.09. The highest BCUT2D eigenvalue weighted by molar-refractivity contribution is 6.33. The van der Waals surface area contributed by atoms with Gasteiger partial charge in [0.25, 0.3) is 5.56 Å². The normalized spacial score (nSPS) is 20.5. The minimum Gasteiger partial charge on any atom is -0.376 e. The number of nitrogens with one attached hydrogen (secondary N) is 2. The summed E-state index contributed by atoms with van der Waals surface area (Å²) in [7, 11) is 0. The van der Waals surface area contributed by atoms with E-state index in [9.17, 15) is 4.79 Å². The molecule has 3 rings (SSSR count). The molecule has 2 fully saturated rings. The number of nitrogens with zero attached hydrogens (tertiary/aromatic N) is 2. The van der Waals surface area contributed by atoms with Gasteiger partial charge < -0.3 is 10.6 Å². The molecule has 2 aliphatic rings. The molecule has 1 aromatic rings. The number of halogens is 1. The van der Waals surface area contributed by atoms with Crippen LogP contribution in [0.4, 0.5) is 5.69 Å². The van der Waals surface area contributed by atoms with Gasteiger partial charge in [-0.3, -0.25) is 4.79 Å². The molecule has 1 saturated carbocycles. The summed E-state index contributed by atoms with van der Waals surface area (Å²) in [5.74, 6) is 0.623. The van der Waals surface area contributed by atoms with Crippen molar-refractivity contribution in [1.29, 1.82) is 0 Å². The van der Waals surface area contributed by atoms with Crippen molar-refractivity contribution in [3.05, 3.63) is 21.6 Å². The van der Waals surface area contributed by atoms with Crippen molar-refractivity contribution in [3.8, 4) is 0 Å². The fourth-order valence-corrected chi connectivity index (χ4v) is 2.62. The van der Waals surface area contributed by atoms with Crippen molar-refractivity contribution >= 4 is 17.3 Å². The first-order valence-electron chi connectivity index (χ1n) is 6.97. The number of aromatic nitrogens is 2. The first kappa shape index (κ1) is 12.9. The van der Waals surface area contributed by atoms with Gasteiger partial charge in [0.05, 0.1) is 11.2 Å². The minimum absolute atomic E-state index is 0.0852. The lowest BCUT2D eigenvalue weighted by Crippen LogP contribution is -2.37. The second kappa shape index (κ2) is 5.51. The average Bonchev–Trinajstić information content (AvgIpc) is 3.23. The van der Waals surface area contributed by atoms with Gasteiger partial charge in [-0.25, -0.2) is 4.68 Å². The SMILES string of the molecule is O=c1c(NC2CCNCC2)c(Cl)cnn1CC1CC1. The summed E-state index contributed by atoms with van der Waals surface area (Å²) in [6, 6.07) is 0.322. The summed E-state index contributed by atoms with van der Waals surface area (Å²) in [6.07, 6.45) is 6.01. The summed E-state index contributed by atoms with van der Waals surface area (Å²) in [6.45, 7) is 2.68. The van der Waals surface area contributed by atoms with Crippen LogP contribution in [0.15, 0.2) is 11.0 Å². The van der Waals surface area contributed by atoms with Crippen molar-refractivity contribution in [2.24, 2.45) is 5.92 Å². The third-order valence-corrected chi connectivity index (χ3v) is 4.10. The highest BCUT2D eigenvalue weighted by atomic mass is 35.5. The molecule has 5 nitrogen and oxygen atoms in total. The molecule has 1 saturated heterocycles. The topological polar surface area (TPSA) is 59.0 Å². The molecule has 2 N–H and O–H groups in total. The van der Waals surface area contributed by atoms with Gasteiger partial charge in [-0.15, -0.1) is 0 Å². The Bertz CT molecular complexity index is 506. The van der Waals surface area contributed by atoms with Crippen molar-refractivity contribution in [3.63, 3.8) is 0 Å². The molecule has 104 valence electrons. The van der Waals surface area contributed by atoms with E-state index in [4.69, 9.17) is 11.6 Å². The molecule has 0 atom stereocenters. The number of anilines is 1. The average molecular weight is 283 g/mol. The summed E-state index contributed by atoms with van der Waals surface area (Å²) < 4.78 is 1.55. The third-order valence-electron chi connectivity index (χ3n) is 3.81. The van der Waals surface area contributed by atoms with E-state index >= 15 is 0 Å². The van der Waals surface area contributed by atoms with Crippen LogP contribution in [-0.2, 0) is 6.54 Å². The van der Waals surface area contributed by atoms with Crippen LogP contribution in [0.25, 0.3) is 0 Å². The molecular weight excluding hydrogens is 264 g/mol. The molecule has 0 aromatic carbocycles. The summed E-state index contributed by atoms with van der Waals surface area (Å²) >= 11 is 6.12. The maximum Gasteiger partial charge on any atom is 0.291 e. The Morgan fingerprint density at radius 3 is 2.79 bits per heavy atom. The molecule has 0 bridgehead atoms. The quantitative estimate of drug-likeness (QED) is 0.878. The Labute approximate surface area is 117 Å². The van der Waals surface area contributed by atoms with E-state index in [0.29, 0.717) is 22.7 Å². The van der Waals surface area contributed by atoms with E-state index in [0.717, 1.165) is 32.5 Å². The molecule has 0 amide bonds. The molecule has 6 heteroatoms. The Morgan fingerprint density at radius 2 is 2.11 bits per heavy atom. The van der Waals surface area contributed by atoms with Gasteiger partial charge in [0.1, 0.15) is 5.69 Å². The Morgan fingerprint density at radius 1 is 1.37 bits per heavy atom. The first-order chi connectivity index (χ1) is 9.24. The van der Waals surface area contributed by atoms with E-state index in [1.807, 2.05) is 0 Å². The largest absolute Gasteiger partial charge is 0.376 e. The minimum atomic E-state index is -0.0852. The Hall–Kier alpha value is -1.07. The maximum atomic E-state index is 12.4. The molecule has 1 aromatic heterocycles. The summed E-state index contributed by atoms with van der Waals surface area (Å²) in [4.78, 5) is 12.4. The first-order valence-corrected chi connectivity index (χ1v) is 7.34. The van der Waals surface area contributed by atoms with E-state index in [2.05, 4.69) is 15.7 Å². The van der Waals surface area contributed by atoms with Crippen LogP contribution in [0.1, 0.15) is 25.7 Å². The van der Waals surface area contributed by atoms with Crippen LogP contribution >= 0.6 is 11.6 Å². The highest BCUT2D eigenvalue weighted by Crippen LogP contribution is 2.30. The van der Waals surface area contributed by atoms with Crippen molar-refractivity contribution < 1.29 is 0 Å². The van der Waals surface area contributed by atoms with Gasteiger partial charge in [-0.05, 0) is 44.7 Å². The molecule has 1 aliphatic heterocycles. The summed E-state index contributed by atoms with van der Waals surface area (Å²) in [5.41, 5.74) is 0.433. The van der Waals surface area contributed by atoms with Crippen LogP contribution in [0.3, 0.4) is 0 Å². The van der Waals surface area contributed by atoms with E-state index in [-0.39, 0.29) is 5.56 Å². The maximum absolute atomic E-state index is 12.4. The van der Waals surface area contributed by atoms with Crippen LogP contribution in [0.2, 0.25) is 5.02 Å². The van der Waals surface area contributed by atoms with E-state index in [1.165, 1.54) is 12.8 Å². The molecular formula is C13H19ClN4O. The van der Waals surface area contributed by atoms with Crippen LogP contribution in [0, 0.1) is 5.92 Å². The van der Waals surface area contributed by atoms with E-state index < -0.39 is 0 Å². The van der Waals surface area contributed by atoms with Crippen molar-refractivity contribution in [1.82, 2.24) is 15.1 Å². The highest BCUT2D eigenvalue weighted by Gasteiger charge is 2.24. The monoisotopic (exact) mass is 282 g/mol. The predicted molar refractivity (Wildman–Crippen MR) is 75.7 cm³/mol. The zero-order valence-electron chi connectivity index (χ0n) is 10.9. The number of rotatable bonds is 4. The second-order valence-electron chi connectivity index (χ2n) is 5.47. The van der Waals surface area contributed by atoms with Crippen LogP contribution in [-0.4, -0.2) is 28.9 Å². The fourth-order valence-electron chi connectivity index (χ4n) is 2.44. The molecule has 1 aliphatic carbocycles. The molecule has 0 radical (unpaired) electrons. The zero-order valence-corrected chi connectivity index (χ0v) is 11.6. The van der Waals surface area contributed by atoms with Gasteiger partial charge in [-0.1, -0.05) is 11.6 Å². The lowest BCUT2D eigenvalue weighted by atomic mass is 10.1. The number of hydrogen-bond acceptors (Lipinski definition) is 4.